The average molecular weight is 389 g/mol. The van der Waals surface area contributed by atoms with Crippen molar-refractivity contribution in [1.82, 2.24) is 15.2 Å². The van der Waals surface area contributed by atoms with Gasteiger partial charge in [0.15, 0.2) is 0 Å². The Morgan fingerprint density at radius 2 is 2.00 bits per heavy atom. The molecule has 4 aromatic rings. The minimum Gasteiger partial charge on any atom is -0.507 e. The van der Waals surface area contributed by atoms with Crippen LogP contribution in [0.5, 0.6) is 11.5 Å². The summed E-state index contributed by atoms with van der Waals surface area (Å²) in [7, 11) is 0. The fraction of sp³-hybridized carbons (Fsp3) is 0.182. The number of aromatic hydroxyl groups is 1. The molecule has 1 aliphatic rings. The summed E-state index contributed by atoms with van der Waals surface area (Å²) >= 11 is 1.63. The van der Waals surface area contributed by atoms with Crippen LogP contribution >= 0.6 is 11.3 Å². The number of ether oxygens (including phenoxy) is 1. The topological polar surface area (TPSA) is 71.0 Å². The largest absolute Gasteiger partial charge is 0.507 e. The van der Waals surface area contributed by atoms with Gasteiger partial charge in [0, 0.05) is 12.0 Å². The summed E-state index contributed by atoms with van der Waals surface area (Å²) in [5, 5.41) is 18.5. The first-order valence-electron chi connectivity index (χ1n) is 9.18. The van der Waals surface area contributed by atoms with Crippen molar-refractivity contribution in [3.8, 4) is 43.9 Å². The van der Waals surface area contributed by atoms with Crippen molar-refractivity contribution in [3.63, 3.8) is 0 Å². The van der Waals surface area contributed by atoms with Crippen LogP contribution in [0.4, 0.5) is 0 Å². The van der Waals surface area contributed by atoms with Crippen LogP contribution in [0.15, 0.2) is 42.5 Å². The lowest BCUT2D eigenvalue weighted by Gasteiger charge is -2.02. The number of benzene rings is 2. The van der Waals surface area contributed by atoms with Gasteiger partial charge in [-0.15, -0.1) is 11.3 Å². The van der Waals surface area contributed by atoms with Gasteiger partial charge in [-0.2, -0.15) is 5.10 Å². The van der Waals surface area contributed by atoms with E-state index in [2.05, 4.69) is 28.4 Å². The monoisotopic (exact) mass is 389 g/mol. The molecule has 0 unspecified atom stereocenters. The fourth-order valence-electron chi connectivity index (χ4n) is 3.51. The quantitative estimate of drug-likeness (QED) is 0.510. The van der Waals surface area contributed by atoms with Crippen molar-refractivity contribution in [3.05, 3.63) is 59.3 Å². The maximum absolute atomic E-state index is 10.2. The maximum atomic E-state index is 10.2. The first-order chi connectivity index (χ1) is 13.6. The van der Waals surface area contributed by atoms with Gasteiger partial charge in [-0.1, -0.05) is 23.8 Å². The highest BCUT2D eigenvalue weighted by Gasteiger charge is 2.18. The molecule has 0 radical (unpaired) electrons. The molecule has 5 rings (SSSR count). The first kappa shape index (κ1) is 17.0. The number of rotatable bonds is 3. The third-order valence-corrected chi connectivity index (χ3v) is 6.23. The van der Waals surface area contributed by atoms with Crippen molar-refractivity contribution in [2.75, 3.05) is 6.61 Å². The Hall–Kier alpha value is -3.12. The average Bonchev–Trinajstić information content (AvgIpc) is 3.41. The number of hydrogen-bond acceptors (Lipinski definition) is 5. The third kappa shape index (κ3) is 2.86. The van der Waals surface area contributed by atoms with Crippen LogP contribution in [0, 0.1) is 13.8 Å². The van der Waals surface area contributed by atoms with Crippen molar-refractivity contribution in [1.29, 1.82) is 0 Å². The second kappa shape index (κ2) is 6.49. The second-order valence-corrected chi connectivity index (χ2v) is 8.04. The van der Waals surface area contributed by atoms with Gasteiger partial charge in [-0.05, 0) is 49.2 Å². The van der Waals surface area contributed by atoms with E-state index in [0.29, 0.717) is 11.3 Å². The molecular weight excluding hydrogens is 370 g/mol. The van der Waals surface area contributed by atoms with E-state index in [1.165, 1.54) is 5.56 Å². The molecule has 1 aliphatic heterocycles. The van der Waals surface area contributed by atoms with Crippen LogP contribution in [0.3, 0.4) is 0 Å². The number of nitrogens with one attached hydrogen (secondary N) is 1. The predicted molar refractivity (Wildman–Crippen MR) is 111 cm³/mol. The Morgan fingerprint density at radius 3 is 2.89 bits per heavy atom. The van der Waals surface area contributed by atoms with Gasteiger partial charge in [0.2, 0.25) is 0 Å². The fourth-order valence-corrected chi connectivity index (χ4v) is 4.54. The third-order valence-electron chi connectivity index (χ3n) is 4.99. The number of phenols is 1. The number of aromatic amines is 1. The summed E-state index contributed by atoms with van der Waals surface area (Å²) in [4.78, 5) is 5.87. The molecule has 0 fully saturated rings. The lowest BCUT2D eigenvalue weighted by molar-refractivity contribution is 0.357. The summed E-state index contributed by atoms with van der Waals surface area (Å²) in [5.74, 6) is 1.20. The van der Waals surface area contributed by atoms with Gasteiger partial charge in [0.25, 0.3) is 0 Å². The zero-order valence-electron chi connectivity index (χ0n) is 15.6. The molecule has 0 bridgehead atoms. The Labute approximate surface area is 166 Å². The Morgan fingerprint density at radius 1 is 1.11 bits per heavy atom. The number of aromatic nitrogens is 3. The molecule has 5 nitrogen and oxygen atoms in total. The molecule has 2 N–H and O–H groups in total. The molecule has 0 atom stereocenters. The van der Waals surface area contributed by atoms with E-state index in [-0.39, 0.29) is 5.75 Å². The number of thiazole rings is 1. The van der Waals surface area contributed by atoms with E-state index in [9.17, 15) is 5.11 Å². The summed E-state index contributed by atoms with van der Waals surface area (Å²) in [6, 6.07) is 13.8. The number of H-pyrrole nitrogens is 1. The van der Waals surface area contributed by atoms with Crippen LogP contribution in [0.25, 0.3) is 32.4 Å². The predicted octanol–water partition coefficient (Wildman–Crippen LogP) is 5.12. The SMILES string of the molecule is Cc1ccc(O)c(-c2cc(-c3nc(C)c(-c4ccc5c(c4)OCC5)s3)[nH]n2)c1. The van der Waals surface area contributed by atoms with Crippen molar-refractivity contribution >= 4 is 11.3 Å². The van der Waals surface area contributed by atoms with Gasteiger partial charge in [-0.3, -0.25) is 5.10 Å². The highest BCUT2D eigenvalue weighted by molar-refractivity contribution is 7.18. The smallest absolute Gasteiger partial charge is 0.142 e. The molecule has 2 aromatic carbocycles. The molecule has 0 aliphatic carbocycles. The van der Waals surface area contributed by atoms with Crippen LogP contribution in [-0.2, 0) is 6.42 Å². The maximum Gasteiger partial charge on any atom is 0.142 e. The van der Waals surface area contributed by atoms with Gasteiger partial charge in [0.1, 0.15) is 16.5 Å². The summed E-state index contributed by atoms with van der Waals surface area (Å²) in [5.41, 5.74) is 6.70. The molecule has 3 heterocycles. The van der Waals surface area contributed by atoms with Crippen molar-refractivity contribution < 1.29 is 9.84 Å². The molecule has 0 amide bonds. The van der Waals surface area contributed by atoms with E-state index in [1.54, 1.807) is 17.4 Å². The Balaban J connectivity index is 1.51. The minimum atomic E-state index is 0.220. The van der Waals surface area contributed by atoms with Crippen LogP contribution in [0.2, 0.25) is 0 Å². The zero-order chi connectivity index (χ0) is 19.3. The van der Waals surface area contributed by atoms with E-state index in [4.69, 9.17) is 9.72 Å². The van der Waals surface area contributed by atoms with Crippen LogP contribution in [0.1, 0.15) is 16.8 Å². The molecule has 6 heteroatoms. The molecule has 2 aromatic heterocycles. The van der Waals surface area contributed by atoms with E-state index >= 15 is 0 Å². The number of nitrogens with zero attached hydrogens (tertiary/aromatic N) is 2. The summed E-state index contributed by atoms with van der Waals surface area (Å²) in [6.45, 7) is 4.77. The molecule has 0 saturated carbocycles. The van der Waals surface area contributed by atoms with Gasteiger partial charge >= 0.3 is 0 Å². The number of fused-ring (bicyclic) bond motifs is 1. The molecule has 140 valence electrons. The molecular formula is C22H19N3O2S. The number of phenolic OH excluding ortho intramolecular Hbond substituents is 1. The Bertz CT molecular complexity index is 1190. The zero-order valence-corrected chi connectivity index (χ0v) is 16.4. The normalized spacial score (nSPS) is 12.8. The summed E-state index contributed by atoms with van der Waals surface area (Å²) in [6.07, 6.45) is 0.977. The lowest BCUT2D eigenvalue weighted by atomic mass is 10.1. The van der Waals surface area contributed by atoms with E-state index < -0.39 is 0 Å². The van der Waals surface area contributed by atoms with Crippen molar-refractivity contribution in [2.45, 2.75) is 20.3 Å². The van der Waals surface area contributed by atoms with Gasteiger partial charge < -0.3 is 9.84 Å². The number of aryl methyl sites for hydroxylation is 2. The number of hydrogen-bond donors (Lipinski definition) is 2. The van der Waals surface area contributed by atoms with Crippen molar-refractivity contribution in [2.24, 2.45) is 0 Å². The second-order valence-electron chi connectivity index (χ2n) is 7.04. The van der Waals surface area contributed by atoms with Crippen LogP contribution in [-0.4, -0.2) is 26.9 Å². The lowest BCUT2D eigenvalue weighted by Crippen LogP contribution is -1.86. The first-order valence-corrected chi connectivity index (χ1v) is 9.99. The summed E-state index contributed by atoms with van der Waals surface area (Å²) < 4.78 is 5.71. The Kier molecular flexibility index (Phi) is 3.94. The highest BCUT2D eigenvalue weighted by Crippen LogP contribution is 2.39. The van der Waals surface area contributed by atoms with E-state index in [1.807, 2.05) is 32.0 Å². The molecule has 28 heavy (non-hydrogen) atoms. The minimum absolute atomic E-state index is 0.220. The van der Waals surface area contributed by atoms with Gasteiger partial charge in [0.05, 0.1) is 28.6 Å². The highest BCUT2D eigenvalue weighted by atomic mass is 32.1. The van der Waals surface area contributed by atoms with Gasteiger partial charge in [-0.25, -0.2) is 4.98 Å². The van der Waals surface area contributed by atoms with E-state index in [0.717, 1.165) is 51.2 Å². The standard InChI is InChI=1S/C22H19N3O2S/c1-12-3-6-19(26)16(9-12)17-11-18(25-24-17)22-23-13(2)21(28-22)15-5-4-14-7-8-27-20(14)10-15/h3-6,9-11,26H,7-8H2,1-2H3,(H,24,25). The van der Waals surface area contributed by atoms with Crippen LogP contribution < -0.4 is 4.74 Å². The molecule has 0 saturated heterocycles. The molecule has 0 spiro atoms.